The second-order valence-electron chi connectivity index (χ2n) is 7.16. The van der Waals surface area contributed by atoms with Gasteiger partial charge in [0.15, 0.2) is 0 Å². The SMILES string of the molecule is O=C(CN1CCOc2ccccc2C1)N1N=C(c2ccco2)CC1c1cccs1. The van der Waals surface area contributed by atoms with Crippen molar-refractivity contribution in [3.05, 3.63) is 76.4 Å². The van der Waals surface area contributed by atoms with Crippen molar-refractivity contribution in [2.24, 2.45) is 5.10 Å². The number of hydrogen-bond donors (Lipinski definition) is 0. The summed E-state index contributed by atoms with van der Waals surface area (Å²) >= 11 is 1.65. The third-order valence-corrected chi connectivity index (χ3v) is 6.21. The average Bonchev–Trinajstić information content (AvgIpc) is 3.47. The summed E-state index contributed by atoms with van der Waals surface area (Å²) in [6, 6.07) is 15.7. The van der Waals surface area contributed by atoms with Gasteiger partial charge < -0.3 is 9.15 Å². The largest absolute Gasteiger partial charge is 0.492 e. The van der Waals surface area contributed by atoms with Gasteiger partial charge in [0.1, 0.15) is 23.8 Å². The van der Waals surface area contributed by atoms with Crippen molar-refractivity contribution in [2.45, 2.75) is 19.0 Å². The molecule has 0 N–H and O–H groups in total. The minimum atomic E-state index is -0.0851. The van der Waals surface area contributed by atoms with E-state index in [2.05, 4.69) is 22.1 Å². The zero-order valence-corrected chi connectivity index (χ0v) is 16.7. The lowest BCUT2D eigenvalue weighted by molar-refractivity contribution is -0.134. The third-order valence-electron chi connectivity index (χ3n) is 5.23. The van der Waals surface area contributed by atoms with E-state index in [4.69, 9.17) is 9.15 Å². The van der Waals surface area contributed by atoms with Crippen LogP contribution in [0.2, 0.25) is 0 Å². The van der Waals surface area contributed by atoms with Crippen molar-refractivity contribution >= 4 is 23.0 Å². The van der Waals surface area contributed by atoms with Gasteiger partial charge in [0.05, 0.1) is 18.8 Å². The molecule has 6 nitrogen and oxygen atoms in total. The quantitative estimate of drug-likeness (QED) is 0.658. The summed E-state index contributed by atoms with van der Waals surface area (Å²) in [5, 5.41) is 8.33. The first-order valence-electron chi connectivity index (χ1n) is 9.68. The van der Waals surface area contributed by atoms with Crippen LogP contribution in [0.15, 0.2) is 69.7 Å². The highest BCUT2D eigenvalue weighted by molar-refractivity contribution is 7.10. The van der Waals surface area contributed by atoms with Crippen LogP contribution in [-0.4, -0.2) is 41.2 Å². The topological polar surface area (TPSA) is 58.3 Å². The molecule has 0 radical (unpaired) electrons. The van der Waals surface area contributed by atoms with Crippen molar-refractivity contribution in [3.63, 3.8) is 0 Å². The van der Waals surface area contributed by atoms with Gasteiger partial charge in [-0.1, -0.05) is 24.3 Å². The molecular weight excluding hydrogens is 386 g/mol. The molecule has 2 aliphatic rings. The highest BCUT2D eigenvalue weighted by Crippen LogP contribution is 2.35. The maximum Gasteiger partial charge on any atom is 0.257 e. The van der Waals surface area contributed by atoms with Crippen LogP contribution in [0.3, 0.4) is 0 Å². The lowest BCUT2D eigenvalue weighted by Crippen LogP contribution is -2.38. The lowest BCUT2D eigenvalue weighted by Gasteiger charge is -2.25. The number of nitrogens with zero attached hydrogens (tertiary/aromatic N) is 3. The number of carbonyl (C=O) groups excluding carboxylic acids is 1. The van der Waals surface area contributed by atoms with Crippen molar-refractivity contribution < 1.29 is 13.9 Å². The first-order chi connectivity index (χ1) is 14.3. The number of para-hydroxylation sites is 1. The minimum absolute atomic E-state index is 0.00987. The van der Waals surface area contributed by atoms with Crippen LogP contribution in [0.1, 0.15) is 28.7 Å². The van der Waals surface area contributed by atoms with Crippen molar-refractivity contribution in [1.29, 1.82) is 0 Å². The van der Waals surface area contributed by atoms with Gasteiger partial charge in [-0.05, 0) is 29.6 Å². The molecule has 7 heteroatoms. The van der Waals surface area contributed by atoms with E-state index in [-0.39, 0.29) is 11.9 Å². The van der Waals surface area contributed by atoms with Crippen LogP contribution in [0.5, 0.6) is 5.75 Å². The lowest BCUT2D eigenvalue weighted by atomic mass is 10.1. The average molecular weight is 407 g/mol. The van der Waals surface area contributed by atoms with Crippen molar-refractivity contribution in [2.75, 3.05) is 19.7 Å². The number of amides is 1. The number of carbonyl (C=O) groups is 1. The fraction of sp³-hybridized carbons (Fsp3) is 0.273. The van der Waals surface area contributed by atoms with E-state index in [1.165, 1.54) is 0 Å². The van der Waals surface area contributed by atoms with Gasteiger partial charge in [0.25, 0.3) is 5.91 Å². The molecule has 0 aliphatic carbocycles. The number of hydrogen-bond acceptors (Lipinski definition) is 6. The van der Waals surface area contributed by atoms with E-state index in [9.17, 15) is 4.79 Å². The van der Waals surface area contributed by atoms with Crippen LogP contribution in [-0.2, 0) is 11.3 Å². The molecule has 0 fully saturated rings. The van der Waals surface area contributed by atoms with Gasteiger partial charge in [-0.3, -0.25) is 9.69 Å². The van der Waals surface area contributed by atoms with Gasteiger partial charge in [0, 0.05) is 30.0 Å². The fourth-order valence-corrected chi connectivity index (χ4v) is 4.62. The summed E-state index contributed by atoms with van der Waals surface area (Å²) in [4.78, 5) is 16.5. The van der Waals surface area contributed by atoms with Crippen molar-refractivity contribution in [1.82, 2.24) is 9.91 Å². The fourth-order valence-electron chi connectivity index (χ4n) is 3.81. The van der Waals surface area contributed by atoms with Crippen LogP contribution < -0.4 is 4.74 Å². The van der Waals surface area contributed by atoms with Crippen molar-refractivity contribution in [3.8, 4) is 5.75 Å². The normalized spacial score (nSPS) is 19.4. The van der Waals surface area contributed by atoms with Crippen LogP contribution in [0.4, 0.5) is 0 Å². The molecule has 1 atom stereocenters. The summed E-state index contributed by atoms with van der Waals surface area (Å²) in [6.45, 7) is 2.26. The predicted molar refractivity (Wildman–Crippen MR) is 111 cm³/mol. The van der Waals surface area contributed by atoms with Crippen LogP contribution >= 0.6 is 11.3 Å². The van der Waals surface area contributed by atoms with E-state index in [0.29, 0.717) is 32.7 Å². The summed E-state index contributed by atoms with van der Waals surface area (Å²) in [5.41, 5.74) is 1.92. The molecule has 1 aromatic carbocycles. The molecule has 4 heterocycles. The third kappa shape index (κ3) is 3.71. The second-order valence-corrected chi connectivity index (χ2v) is 8.14. The molecule has 148 valence electrons. The molecule has 0 bridgehead atoms. The molecule has 1 amide bonds. The Morgan fingerprint density at radius 1 is 1.17 bits per heavy atom. The molecule has 0 saturated heterocycles. The number of ether oxygens (including phenoxy) is 1. The second kappa shape index (κ2) is 7.85. The summed E-state index contributed by atoms with van der Waals surface area (Å²) < 4.78 is 11.4. The van der Waals surface area contributed by atoms with Gasteiger partial charge in [0.2, 0.25) is 0 Å². The number of benzene rings is 1. The molecule has 2 aliphatic heterocycles. The van der Waals surface area contributed by atoms with E-state index in [0.717, 1.165) is 27.7 Å². The maximum absolute atomic E-state index is 13.3. The first-order valence-corrected chi connectivity index (χ1v) is 10.6. The Morgan fingerprint density at radius 3 is 2.93 bits per heavy atom. The van der Waals surface area contributed by atoms with Gasteiger partial charge in [-0.2, -0.15) is 5.10 Å². The van der Waals surface area contributed by atoms with Gasteiger partial charge >= 0.3 is 0 Å². The highest BCUT2D eigenvalue weighted by Gasteiger charge is 2.35. The van der Waals surface area contributed by atoms with E-state index in [1.807, 2.05) is 41.8 Å². The van der Waals surface area contributed by atoms with Crippen LogP contribution in [0, 0.1) is 0 Å². The summed E-state index contributed by atoms with van der Waals surface area (Å²) in [5.74, 6) is 1.61. The number of thiophene rings is 1. The van der Waals surface area contributed by atoms with Gasteiger partial charge in [-0.25, -0.2) is 5.01 Å². The Balaban J connectivity index is 1.36. The highest BCUT2D eigenvalue weighted by atomic mass is 32.1. The monoisotopic (exact) mass is 407 g/mol. The van der Waals surface area contributed by atoms with Crippen LogP contribution in [0.25, 0.3) is 0 Å². The van der Waals surface area contributed by atoms with E-state index < -0.39 is 0 Å². The number of rotatable bonds is 4. The standard InChI is InChI=1S/C22H21N3O3S/c26-22(15-24-9-11-28-19-6-2-1-5-16(19)14-24)25-18(21-8-4-12-29-21)13-17(23-25)20-7-3-10-27-20/h1-8,10,12,18H,9,11,13-15H2. The zero-order chi connectivity index (χ0) is 19.6. The molecular formula is C22H21N3O3S. The Morgan fingerprint density at radius 2 is 2.10 bits per heavy atom. The predicted octanol–water partition coefficient (Wildman–Crippen LogP) is 3.91. The molecule has 29 heavy (non-hydrogen) atoms. The Kier molecular flexibility index (Phi) is 4.91. The molecule has 3 aromatic rings. The van der Waals surface area contributed by atoms with E-state index in [1.54, 1.807) is 22.6 Å². The number of furan rings is 1. The Labute approximate surface area is 173 Å². The molecule has 2 aromatic heterocycles. The molecule has 0 spiro atoms. The smallest absolute Gasteiger partial charge is 0.257 e. The Hall–Kier alpha value is -2.90. The first kappa shape index (κ1) is 18.1. The Bertz CT molecular complexity index is 1010. The molecule has 5 rings (SSSR count). The number of fused-ring (bicyclic) bond motifs is 1. The van der Waals surface area contributed by atoms with E-state index >= 15 is 0 Å². The maximum atomic E-state index is 13.3. The number of hydrazone groups is 1. The summed E-state index contributed by atoms with van der Waals surface area (Å²) in [7, 11) is 0. The summed E-state index contributed by atoms with van der Waals surface area (Å²) in [6.07, 6.45) is 2.29. The molecule has 0 saturated carbocycles. The van der Waals surface area contributed by atoms with Gasteiger partial charge in [-0.15, -0.1) is 11.3 Å². The zero-order valence-electron chi connectivity index (χ0n) is 15.9. The minimum Gasteiger partial charge on any atom is -0.492 e. The molecule has 1 unspecified atom stereocenters.